The summed E-state index contributed by atoms with van der Waals surface area (Å²) in [5.74, 6) is 0.652. The monoisotopic (exact) mass is 404 g/mol. The van der Waals surface area contributed by atoms with Gasteiger partial charge in [0, 0.05) is 5.56 Å². The van der Waals surface area contributed by atoms with E-state index >= 15 is 0 Å². The Kier molecular flexibility index (Phi) is 5.51. The molecule has 3 rings (SSSR count). The van der Waals surface area contributed by atoms with Gasteiger partial charge in [-0.25, -0.2) is 8.42 Å². The van der Waals surface area contributed by atoms with Crippen LogP contribution in [0.4, 0.5) is 5.69 Å². The van der Waals surface area contributed by atoms with Gasteiger partial charge in [0.15, 0.2) is 6.10 Å². The Morgan fingerprint density at radius 2 is 2.00 bits per heavy atom. The molecule has 0 spiro atoms. The lowest BCUT2D eigenvalue weighted by molar-refractivity contribution is -0.128. The number of hydrogen-bond acceptors (Lipinski definition) is 5. The van der Waals surface area contributed by atoms with Crippen LogP contribution in [0.3, 0.4) is 0 Å². The van der Waals surface area contributed by atoms with Crippen molar-refractivity contribution in [3.63, 3.8) is 0 Å². The number of sulfonamides is 1. The molecule has 0 saturated heterocycles. The van der Waals surface area contributed by atoms with Crippen LogP contribution in [0.25, 0.3) is 0 Å². The average Bonchev–Trinajstić information content (AvgIpc) is 2.65. The fourth-order valence-corrected chi connectivity index (χ4v) is 4.13. The standard InChI is InChI=1S/C20H24N2O5S/c1-13-9-10-16-18(11-13)27-19(12-22(16)28(4,24)25)20(23)21-14(2)15-7-5-6-8-17(15)26-3/h5-11,14,19H,12H2,1-4H3,(H,21,23)/t14-,19+/m0/s1. The third-order valence-electron chi connectivity index (χ3n) is 4.64. The molecular formula is C20H24N2O5S. The first-order chi connectivity index (χ1) is 13.2. The number of aryl methyl sites for hydroxylation is 1. The number of nitrogens with one attached hydrogen (secondary N) is 1. The first-order valence-electron chi connectivity index (χ1n) is 8.89. The lowest BCUT2D eigenvalue weighted by atomic mass is 10.1. The van der Waals surface area contributed by atoms with Gasteiger partial charge in [-0.1, -0.05) is 24.3 Å². The molecule has 0 fully saturated rings. The van der Waals surface area contributed by atoms with Crippen LogP contribution in [-0.4, -0.2) is 40.3 Å². The van der Waals surface area contributed by atoms with Gasteiger partial charge in [0.1, 0.15) is 11.5 Å². The molecule has 0 bridgehead atoms. The fourth-order valence-electron chi connectivity index (χ4n) is 3.22. The highest BCUT2D eigenvalue weighted by Crippen LogP contribution is 2.36. The molecule has 1 N–H and O–H groups in total. The molecule has 2 atom stereocenters. The van der Waals surface area contributed by atoms with Crippen molar-refractivity contribution < 1.29 is 22.7 Å². The molecule has 2 aromatic rings. The first-order valence-corrected chi connectivity index (χ1v) is 10.7. The predicted molar refractivity (Wildman–Crippen MR) is 107 cm³/mol. The maximum Gasteiger partial charge on any atom is 0.263 e. The van der Waals surface area contributed by atoms with Crippen molar-refractivity contribution in [3.05, 3.63) is 53.6 Å². The van der Waals surface area contributed by atoms with E-state index in [1.807, 2.05) is 44.2 Å². The van der Waals surface area contributed by atoms with Crippen LogP contribution in [0.15, 0.2) is 42.5 Å². The summed E-state index contributed by atoms with van der Waals surface area (Å²) < 4.78 is 36.9. The van der Waals surface area contributed by atoms with Crippen LogP contribution < -0.4 is 19.1 Å². The topological polar surface area (TPSA) is 84.9 Å². The Bertz CT molecular complexity index is 990. The van der Waals surface area contributed by atoms with Gasteiger partial charge < -0.3 is 14.8 Å². The molecule has 1 heterocycles. The van der Waals surface area contributed by atoms with E-state index in [2.05, 4.69) is 5.32 Å². The van der Waals surface area contributed by atoms with Gasteiger partial charge in [0.2, 0.25) is 10.0 Å². The molecule has 150 valence electrons. The van der Waals surface area contributed by atoms with Crippen molar-refractivity contribution in [3.8, 4) is 11.5 Å². The van der Waals surface area contributed by atoms with E-state index in [0.717, 1.165) is 17.4 Å². The number of nitrogens with zero attached hydrogens (tertiary/aromatic N) is 1. The third kappa shape index (κ3) is 4.06. The Morgan fingerprint density at radius 3 is 2.68 bits per heavy atom. The largest absolute Gasteiger partial charge is 0.496 e. The summed E-state index contributed by atoms with van der Waals surface area (Å²) in [6.07, 6.45) is 0.162. The number of methoxy groups -OCH3 is 1. The van der Waals surface area contributed by atoms with E-state index in [1.54, 1.807) is 19.2 Å². The Balaban J connectivity index is 1.84. The molecule has 8 heteroatoms. The molecule has 0 radical (unpaired) electrons. The van der Waals surface area contributed by atoms with Crippen LogP contribution in [0.5, 0.6) is 11.5 Å². The zero-order valence-corrected chi connectivity index (χ0v) is 17.1. The molecule has 1 amide bonds. The molecule has 1 aliphatic rings. The molecule has 0 aliphatic carbocycles. The number of anilines is 1. The van der Waals surface area contributed by atoms with Gasteiger partial charge in [-0.05, 0) is 37.6 Å². The van der Waals surface area contributed by atoms with Gasteiger partial charge in [-0.3, -0.25) is 9.10 Å². The Labute approximate surface area is 165 Å². The average molecular weight is 404 g/mol. The zero-order chi connectivity index (χ0) is 20.5. The van der Waals surface area contributed by atoms with Crippen molar-refractivity contribution in [1.29, 1.82) is 0 Å². The molecule has 7 nitrogen and oxygen atoms in total. The summed E-state index contributed by atoms with van der Waals surface area (Å²) in [5.41, 5.74) is 2.18. The molecule has 2 aromatic carbocycles. The van der Waals surface area contributed by atoms with E-state index in [1.165, 1.54) is 4.31 Å². The van der Waals surface area contributed by atoms with Crippen LogP contribution in [0, 0.1) is 6.92 Å². The number of para-hydroxylation sites is 1. The summed E-state index contributed by atoms with van der Waals surface area (Å²) in [7, 11) is -1.99. The van der Waals surface area contributed by atoms with Gasteiger partial charge in [0.05, 0.1) is 31.6 Å². The van der Waals surface area contributed by atoms with E-state index in [4.69, 9.17) is 9.47 Å². The minimum atomic E-state index is -3.56. The number of rotatable bonds is 5. The Morgan fingerprint density at radius 1 is 1.29 bits per heavy atom. The van der Waals surface area contributed by atoms with Gasteiger partial charge in [0.25, 0.3) is 5.91 Å². The molecule has 1 aliphatic heterocycles. The third-order valence-corrected chi connectivity index (χ3v) is 5.79. The normalized spacial score (nSPS) is 17.3. The lowest BCUT2D eigenvalue weighted by Gasteiger charge is -2.34. The van der Waals surface area contributed by atoms with Crippen LogP contribution in [0.2, 0.25) is 0 Å². The van der Waals surface area contributed by atoms with E-state index in [0.29, 0.717) is 17.2 Å². The van der Waals surface area contributed by atoms with Gasteiger partial charge in [-0.2, -0.15) is 0 Å². The molecule has 0 saturated carbocycles. The number of ether oxygens (including phenoxy) is 2. The smallest absolute Gasteiger partial charge is 0.263 e. The fraction of sp³-hybridized carbons (Fsp3) is 0.350. The quantitative estimate of drug-likeness (QED) is 0.827. The maximum absolute atomic E-state index is 12.9. The number of benzene rings is 2. The maximum atomic E-state index is 12.9. The van der Waals surface area contributed by atoms with Crippen LogP contribution in [-0.2, 0) is 14.8 Å². The van der Waals surface area contributed by atoms with Gasteiger partial charge >= 0.3 is 0 Å². The number of carbonyl (C=O) groups is 1. The number of hydrogen-bond donors (Lipinski definition) is 1. The minimum absolute atomic E-state index is 0.0840. The highest BCUT2D eigenvalue weighted by molar-refractivity contribution is 7.92. The summed E-state index contributed by atoms with van der Waals surface area (Å²) in [4.78, 5) is 12.9. The van der Waals surface area contributed by atoms with Crippen LogP contribution >= 0.6 is 0 Å². The van der Waals surface area contributed by atoms with E-state index in [9.17, 15) is 13.2 Å². The molecule has 0 aromatic heterocycles. The van der Waals surface area contributed by atoms with Crippen molar-refractivity contribution in [1.82, 2.24) is 5.32 Å². The van der Waals surface area contributed by atoms with E-state index in [-0.39, 0.29) is 18.5 Å². The van der Waals surface area contributed by atoms with Crippen molar-refractivity contribution in [2.24, 2.45) is 0 Å². The number of fused-ring (bicyclic) bond motifs is 1. The summed E-state index contributed by atoms with van der Waals surface area (Å²) in [6, 6.07) is 12.3. The van der Waals surface area contributed by atoms with Gasteiger partial charge in [-0.15, -0.1) is 0 Å². The van der Waals surface area contributed by atoms with E-state index < -0.39 is 16.1 Å². The second-order valence-corrected chi connectivity index (χ2v) is 8.75. The lowest BCUT2D eigenvalue weighted by Crippen LogP contribution is -2.50. The van der Waals surface area contributed by atoms with Crippen LogP contribution in [0.1, 0.15) is 24.1 Å². The van der Waals surface area contributed by atoms with Crippen molar-refractivity contribution in [2.75, 3.05) is 24.2 Å². The predicted octanol–water partition coefficient (Wildman–Crippen LogP) is 2.41. The van der Waals surface area contributed by atoms with Crippen molar-refractivity contribution in [2.45, 2.75) is 26.0 Å². The molecule has 0 unspecified atom stereocenters. The summed E-state index contributed by atoms with van der Waals surface area (Å²) in [6.45, 7) is 3.63. The first kappa shape index (κ1) is 20.0. The highest BCUT2D eigenvalue weighted by atomic mass is 32.2. The Hall–Kier alpha value is -2.74. The molecule has 28 heavy (non-hydrogen) atoms. The SMILES string of the molecule is COc1ccccc1[C@H](C)NC(=O)[C@H]1CN(S(C)(=O)=O)c2ccc(C)cc2O1. The zero-order valence-electron chi connectivity index (χ0n) is 16.3. The highest BCUT2D eigenvalue weighted by Gasteiger charge is 2.35. The second kappa shape index (κ2) is 7.71. The van der Waals surface area contributed by atoms with Crippen molar-refractivity contribution >= 4 is 21.6 Å². The molecular weight excluding hydrogens is 380 g/mol. The number of carbonyl (C=O) groups excluding carboxylic acids is 1. The minimum Gasteiger partial charge on any atom is -0.496 e. The second-order valence-electron chi connectivity index (χ2n) is 6.84. The summed E-state index contributed by atoms with van der Waals surface area (Å²) >= 11 is 0. The number of amides is 1. The summed E-state index contributed by atoms with van der Waals surface area (Å²) in [5, 5.41) is 2.89.